The van der Waals surface area contributed by atoms with Gasteiger partial charge >= 0.3 is 6.09 Å². The van der Waals surface area contributed by atoms with Gasteiger partial charge in [0.05, 0.1) is 0 Å². The number of hydrogen-bond acceptors (Lipinski definition) is 3. The minimum Gasteiger partial charge on any atom is -0.431 e. The lowest BCUT2D eigenvalue weighted by Gasteiger charge is -2.08. The Labute approximate surface area is 54.2 Å². The smallest absolute Gasteiger partial charge is 0.406 e. The van der Waals surface area contributed by atoms with Crippen LogP contribution in [0, 0.1) is 0 Å². The third-order valence-electron chi connectivity index (χ3n) is 0.841. The number of nitrogens with two attached hydrogens (primary N) is 2. The number of amides is 1. The molecule has 1 amide bonds. The summed E-state index contributed by atoms with van der Waals surface area (Å²) in [6.45, 7) is 1.95. The second kappa shape index (κ2) is 4.14. The Balaban J connectivity index is 3.26. The first-order chi connectivity index (χ1) is 4.16. The van der Waals surface area contributed by atoms with Gasteiger partial charge in [0.25, 0.3) is 0 Å². The maximum absolute atomic E-state index is 10.0. The topological polar surface area (TPSA) is 78.3 Å². The molecule has 0 heterocycles. The quantitative estimate of drug-likeness (QED) is 0.537. The van der Waals surface area contributed by atoms with Crippen molar-refractivity contribution in [2.24, 2.45) is 11.5 Å². The number of hydrogen-bond donors (Lipinski definition) is 2. The summed E-state index contributed by atoms with van der Waals surface area (Å²) in [6, 6.07) is 0. The fourth-order valence-electron chi connectivity index (χ4n) is 0.493. The Hall–Kier alpha value is -0.770. The van der Waals surface area contributed by atoms with Crippen LogP contribution in [0.25, 0.3) is 0 Å². The third-order valence-corrected chi connectivity index (χ3v) is 0.841. The predicted octanol–water partition coefficient (Wildman–Crippen LogP) is 0.167. The van der Waals surface area contributed by atoms with Gasteiger partial charge in [0.1, 0.15) is 0 Å². The van der Waals surface area contributed by atoms with Gasteiger partial charge in [-0.15, -0.1) is 0 Å². The summed E-state index contributed by atoms with van der Waals surface area (Å²) in [4.78, 5) is 10.0. The Kier molecular flexibility index (Phi) is 3.79. The molecule has 4 N–H and O–H groups in total. The largest absolute Gasteiger partial charge is 0.431 e. The fourth-order valence-corrected chi connectivity index (χ4v) is 0.493. The summed E-state index contributed by atoms with van der Waals surface area (Å²) in [5.74, 6) is 0. The van der Waals surface area contributed by atoms with Crippen LogP contribution < -0.4 is 11.5 Å². The van der Waals surface area contributed by atoms with Crippen LogP contribution in [-0.4, -0.2) is 12.3 Å². The van der Waals surface area contributed by atoms with E-state index in [1.165, 1.54) is 0 Å². The van der Waals surface area contributed by atoms with Gasteiger partial charge in [0.15, 0.2) is 6.23 Å². The molecule has 0 fully saturated rings. The number of rotatable bonds is 3. The van der Waals surface area contributed by atoms with Crippen LogP contribution in [0.3, 0.4) is 0 Å². The molecule has 0 saturated carbocycles. The SMILES string of the molecule is CCCC(N)OC(N)=O. The summed E-state index contributed by atoms with van der Waals surface area (Å²) in [5.41, 5.74) is 9.94. The summed E-state index contributed by atoms with van der Waals surface area (Å²) >= 11 is 0. The highest BCUT2D eigenvalue weighted by atomic mass is 16.6. The maximum Gasteiger partial charge on any atom is 0.406 e. The average molecular weight is 132 g/mol. The summed E-state index contributed by atoms with van der Waals surface area (Å²) in [6.07, 6.45) is 0.195. The summed E-state index contributed by atoms with van der Waals surface area (Å²) < 4.78 is 4.41. The third kappa shape index (κ3) is 5.10. The van der Waals surface area contributed by atoms with Crippen molar-refractivity contribution < 1.29 is 9.53 Å². The maximum atomic E-state index is 10.0. The molecule has 1 unspecified atom stereocenters. The molecule has 0 bridgehead atoms. The minimum absolute atomic E-state index is 0.535. The van der Waals surface area contributed by atoms with Crippen LogP contribution >= 0.6 is 0 Å². The first-order valence-corrected chi connectivity index (χ1v) is 2.88. The van der Waals surface area contributed by atoms with E-state index in [1.54, 1.807) is 0 Å². The van der Waals surface area contributed by atoms with Crippen LogP contribution in [0.5, 0.6) is 0 Å². The Morgan fingerprint density at radius 1 is 1.78 bits per heavy atom. The molecule has 54 valence electrons. The molecule has 0 aromatic rings. The molecule has 1 atom stereocenters. The number of carbonyl (C=O) groups excluding carboxylic acids is 1. The lowest BCUT2D eigenvalue weighted by atomic mass is 10.3. The molecule has 0 saturated heterocycles. The molecule has 0 aliphatic rings. The molecule has 0 radical (unpaired) electrons. The van der Waals surface area contributed by atoms with E-state index in [-0.39, 0.29) is 0 Å². The lowest BCUT2D eigenvalue weighted by Crippen LogP contribution is -2.29. The van der Waals surface area contributed by atoms with Gasteiger partial charge in [-0.2, -0.15) is 0 Å². The summed E-state index contributed by atoms with van der Waals surface area (Å²) in [5, 5.41) is 0. The van der Waals surface area contributed by atoms with Crippen molar-refractivity contribution in [3.05, 3.63) is 0 Å². The number of carbonyl (C=O) groups is 1. The first kappa shape index (κ1) is 8.23. The van der Waals surface area contributed by atoms with Crippen LogP contribution in [0.4, 0.5) is 4.79 Å². The summed E-state index contributed by atoms with van der Waals surface area (Å²) in [7, 11) is 0. The monoisotopic (exact) mass is 132 g/mol. The second-order valence-electron chi connectivity index (χ2n) is 1.76. The fraction of sp³-hybridized carbons (Fsp3) is 0.800. The molecular weight excluding hydrogens is 120 g/mol. The zero-order valence-electron chi connectivity index (χ0n) is 5.46. The minimum atomic E-state index is -0.809. The highest BCUT2D eigenvalue weighted by molar-refractivity contribution is 5.64. The molecule has 0 rings (SSSR count). The zero-order chi connectivity index (χ0) is 7.28. The van der Waals surface area contributed by atoms with E-state index in [1.807, 2.05) is 6.92 Å². The van der Waals surface area contributed by atoms with Crippen LogP contribution in [-0.2, 0) is 4.74 Å². The van der Waals surface area contributed by atoms with Gasteiger partial charge in [0, 0.05) is 0 Å². The molecule has 9 heavy (non-hydrogen) atoms. The first-order valence-electron chi connectivity index (χ1n) is 2.88. The van der Waals surface area contributed by atoms with Crippen LogP contribution in [0.1, 0.15) is 19.8 Å². The normalized spacial score (nSPS) is 12.7. The molecule has 4 heteroatoms. The highest BCUT2D eigenvalue weighted by Gasteiger charge is 2.02. The van der Waals surface area contributed by atoms with Crippen molar-refractivity contribution in [2.45, 2.75) is 26.0 Å². The number of ether oxygens (including phenoxy) is 1. The predicted molar refractivity (Wildman–Crippen MR) is 33.6 cm³/mol. The Bertz CT molecular complexity index is 95.0. The molecule has 4 nitrogen and oxygen atoms in total. The van der Waals surface area contributed by atoms with Crippen LogP contribution in [0.2, 0.25) is 0 Å². The Morgan fingerprint density at radius 2 is 2.33 bits per heavy atom. The van der Waals surface area contributed by atoms with Crippen molar-refractivity contribution in [2.75, 3.05) is 0 Å². The standard InChI is InChI=1S/C5H12N2O2/c1-2-3-4(6)9-5(7)8/h4H,2-3,6H2,1H3,(H2,7,8). The van der Waals surface area contributed by atoms with E-state index in [4.69, 9.17) is 5.73 Å². The van der Waals surface area contributed by atoms with Gasteiger partial charge in [-0.05, 0) is 6.42 Å². The van der Waals surface area contributed by atoms with E-state index in [0.717, 1.165) is 6.42 Å². The van der Waals surface area contributed by atoms with E-state index < -0.39 is 12.3 Å². The van der Waals surface area contributed by atoms with Gasteiger partial charge in [-0.3, -0.25) is 5.73 Å². The number of primary amides is 1. The molecule has 0 aliphatic carbocycles. The van der Waals surface area contributed by atoms with Gasteiger partial charge in [-0.1, -0.05) is 13.3 Å². The van der Waals surface area contributed by atoms with Crippen molar-refractivity contribution in [1.82, 2.24) is 0 Å². The van der Waals surface area contributed by atoms with E-state index in [2.05, 4.69) is 10.5 Å². The van der Waals surface area contributed by atoms with Crippen molar-refractivity contribution >= 4 is 6.09 Å². The van der Waals surface area contributed by atoms with Crippen molar-refractivity contribution in [3.8, 4) is 0 Å². The zero-order valence-corrected chi connectivity index (χ0v) is 5.46. The van der Waals surface area contributed by atoms with Crippen molar-refractivity contribution in [1.29, 1.82) is 0 Å². The second-order valence-corrected chi connectivity index (χ2v) is 1.76. The van der Waals surface area contributed by atoms with Gasteiger partial charge in [0.2, 0.25) is 0 Å². The molecule has 0 aromatic heterocycles. The van der Waals surface area contributed by atoms with Crippen LogP contribution in [0.15, 0.2) is 0 Å². The van der Waals surface area contributed by atoms with Gasteiger partial charge < -0.3 is 10.5 Å². The lowest BCUT2D eigenvalue weighted by molar-refractivity contribution is 0.104. The van der Waals surface area contributed by atoms with E-state index >= 15 is 0 Å². The molecule has 0 aliphatic heterocycles. The average Bonchev–Trinajstić information content (AvgIpc) is 1.63. The molecular formula is C5H12N2O2. The molecule has 0 spiro atoms. The molecule has 0 aromatic carbocycles. The van der Waals surface area contributed by atoms with Crippen molar-refractivity contribution in [3.63, 3.8) is 0 Å². The van der Waals surface area contributed by atoms with E-state index in [0.29, 0.717) is 6.42 Å². The van der Waals surface area contributed by atoms with E-state index in [9.17, 15) is 4.79 Å². The highest BCUT2D eigenvalue weighted by Crippen LogP contribution is 1.93. The van der Waals surface area contributed by atoms with Gasteiger partial charge in [-0.25, -0.2) is 4.79 Å². The Morgan fingerprint density at radius 3 is 2.67 bits per heavy atom.